The first kappa shape index (κ1) is 9.65. The van der Waals surface area contributed by atoms with E-state index in [1.165, 1.54) is 12.8 Å². The molecule has 1 atom stereocenters. The minimum absolute atomic E-state index is 0.450. The molecule has 78 valence electrons. The second kappa shape index (κ2) is 4.09. The van der Waals surface area contributed by atoms with Crippen LogP contribution in [0.15, 0.2) is 4.52 Å². The van der Waals surface area contributed by atoms with E-state index in [1.807, 2.05) is 7.05 Å². The zero-order valence-corrected chi connectivity index (χ0v) is 8.79. The zero-order chi connectivity index (χ0) is 9.97. The topological polar surface area (TPSA) is 51.0 Å². The van der Waals surface area contributed by atoms with Gasteiger partial charge in [0.2, 0.25) is 5.89 Å². The quantitative estimate of drug-likeness (QED) is 0.770. The third kappa shape index (κ3) is 2.12. The molecule has 0 aliphatic heterocycles. The van der Waals surface area contributed by atoms with Crippen molar-refractivity contribution in [2.24, 2.45) is 5.92 Å². The minimum atomic E-state index is 0.450. The first-order chi connectivity index (χ1) is 6.81. The van der Waals surface area contributed by atoms with Crippen LogP contribution in [-0.4, -0.2) is 23.7 Å². The Hall–Kier alpha value is -0.900. The van der Waals surface area contributed by atoms with Crippen LogP contribution in [-0.2, 0) is 6.42 Å². The highest BCUT2D eigenvalue weighted by atomic mass is 16.5. The molecular formula is C10H17N3O. The molecule has 0 spiro atoms. The van der Waals surface area contributed by atoms with Crippen LogP contribution < -0.4 is 5.32 Å². The van der Waals surface area contributed by atoms with Gasteiger partial charge in [-0.3, -0.25) is 0 Å². The lowest BCUT2D eigenvalue weighted by atomic mass is 10.1. The smallest absolute Gasteiger partial charge is 0.229 e. The Morgan fingerprint density at radius 2 is 2.36 bits per heavy atom. The van der Waals surface area contributed by atoms with E-state index in [4.69, 9.17) is 4.52 Å². The molecule has 1 unspecified atom stereocenters. The second-order valence-electron chi connectivity index (χ2n) is 4.03. The third-order valence-electron chi connectivity index (χ3n) is 2.80. The van der Waals surface area contributed by atoms with Crippen LogP contribution in [0.5, 0.6) is 0 Å². The van der Waals surface area contributed by atoms with E-state index in [0.29, 0.717) is 5.92 Å². The highest BCUT2D eigenvalue weighted by Gasteiger charge is 2.32. The van der Waals surface area contributed by atoms with Gasteiger partial charge in [-0.15, -0.1) is 0 Å². The van der Waals surface area contributed by atoms with Gasteiger partial charge in [0, 0.05) is 18.9 Å². The molecule has 1 N–H and O–H groups in total. The van der Waals surface area contributed by atoms with Crippen molar-refractivity contribution in [3.63, 3.8) is 0 Å². The molecule has 0 bridgehead atoms. The van der Waals surface area contributed by atoms with E-state index < -0.39 is 0 Å². The standard InChI is InChI=1S/C10H17N3O/c1-7(8-3-4-8)10-12-9(13-14-10)5-6-11-2/h7-8,11H,3-6H2,1-2H3. The van der Waals surface area contributed by atoms with Gasteiger partial charge in [0.15, 0.2) is 5.82 Å². The van der Waals surface area contributed by atoms with E-state index >= 15 is 0 Å². The van der Waals surface area contributed by atoms with E-state index in [9.17, 15) is 0 Å². The summed E-state index contributed by atoms with van der Waals surface area (Å²) in [5, 5.41) is 7.03. The van der Waals surface area contributed by atoms with Crippen LogP contribution in [0, 0.1) is 5.92 Å². The van der Waals surface area contributed by atoms with Crippen molar-refractivity contribution in [1.82, 2.24) is 15.5 Å². The maximum Gasteiger partial charge on any atom is 0.229 e. The van der Waals surface area contributed by atoms with Crippen LogP contribution in [0.3, 0.4) is 0 Å². The Morgan fingerprint density at radius 1 is 1.57 bits per heavy atom. The average molecular weight is 195 g/mol. The Balaban J connectivity index is 1.94. The predicted octanol–water partition coefficient (Wildman–Crippen LogP) is 1.34. The molecule has 14 heavy (non-hydrogen) atoms. The molecule has 0 aromatic carbocycles. The summed E-state index contributed by atoms with van der Waals surface area (Å²) >= 11 is 0. The lowest BCUT2D eigenvalue weighted by Crippen LogP contribution is -2.11. The van der Waals surface area contributed by atoms with Gasteiger partial charge >= 0.3 is 0 Å². The van der Waals surface area contributed by atoms with Gasteiger partial charge in [0.1, 0.15) is 0 Å². The number of hydrogen-bond acceptors (Lipinski definition) is 4. The van der Waals surface area contributed by atoms with Crippen LogP contribution in [0.4, 0.5) is 0 Å². The Bertz CT molecular complexity index is 293. The lowest BCUT2D eigenvalue weighted by Gasteiger charge is -2.00. The first-order valence-electron chi connectivity index (χ1n) is 5.28. The van der Waals surface area contributed by atoms with Crippen molar-refractivity contribution in [3.8, 4) is 0 Å². The van der Waals surface area contributed by atoms with Gasteiger partial charge in [-0.2, -0.15) is 4.98 Å². The highest BCUT2D eigenvalue weighted by Crippen LogP contribution is 2.41. The molecule has 1 fully saturated rings. The zero-order valence-electron chi connectivity index (χ0n) is 8.79. The summed E-state index contributed by atoms with van der Waals surface area (Å²) in [6.45, 7) is 3.07. The predicted molar refractivity (Wildman–Crippen MR) is 53.1 cm³/mol. The molecule has 1 heterocycles. The van der Waals surface area contributed by atoms with Gasteiger partial charge < -0.3 is 9.84 Å². The molecule has 0 radical (unpaired) electrons. The maximum atomic E-state index is 5.24. The number of nitrogens with zero attached hydrogens (tertiary/aromatic N) is 2. The molecule has 2 rings (SSSR count). The van der Waals surface area contributed by atoms with Gasteiger partial charge in [0.25, 0.3) is 0 Å². The summed E-state index contributed by atoms with van der Waals surface area (Å²) < 4.78 is 5.24. The second-order valence-corrected chi connectivity index (χ2v) is 4.03. The van der Waals surface area contributed by atoms with Gasteiger partial charge in [-0.25, -0.2) is 0 Å². The van der Waals surface area contributed by atoms with Crippen molar-refractivity contribution in [2.75, 3.05) is 13.6 Å². The van der Waals surface area contributed by atoms with E-state index in [1.54, 1.807) is 0 Å². The van der Waals surface area contributed by atoms with Crippen LogP contribution in [0.25, 0.3) is 0 Å². The molecule has 1 aromatic rings. The molecule has 1 aromatic heterocycles. The maximum absolute atomic E-state index is 5.24. The fraction of sp³-hybridized carbons (Fsp3) is 0.800. The minimum Gasteiger partial charge on any atom is -0.339 e. The molecular weight excluding hydrogens is 178 g/mol. The van der Waals surface area contributed by atoms with Crippen LogP contribution in [0.2, 0.25) is 0 Å². The molecule has 0 amide bonds. The highest BCUT2D eigenvalue weighted by molar-refractivity contribution is 4.99. The van der Waals surface area contributed by atoms with Gasteiger partial charge in [-0.05, 0) is 25.8 Å². The molecule has 1 aliphatic carbocycles. The summed E-state index contributed by atoms with van der Waals surface area (Å²) in [5.41, 5.74) is 0. The van der Waals surface area contributed by atoms with Gasteiger partial charge in [0.05, 0.1) is 0 Å². The SMILES string of the molecule is CNCCc1noc(C(C)C2CC2)n1. The largest absolute Gasteiger partial charge is 0.339 e. The van der Waals surface area contributed by atoms with Crippen LogP contribution in [0.1, 0.15) is 37.4 Å². The molecule has 1 saturated carbocycles. The van der Waals surface area contributed by atoms with E-state index in [-0.39, 0.29) is 0 Å². The molecule has 4 nitrogen and oxygen atoms in total. The normalized spacial score (nSPS) is 18.4. The van der Waals surface area contributed by atoms with Crippen molar-refractivity contribution < 1.29 is 4.52 Å². The van der Waals surface area contributed by atoms with Crippen molar-refractivity contribution >= 4 is 0 Å². The molecule has 0 saturated heterocycles. The van der Waals surface area contributed by atoms with Gasteiger partial charge in [-0.1, -0.05) is 12.1 Å². The van der Waals surface area contributed by atoms with E-state index in [2.05, 4.69) is 22.4 Å². The number of aromatic nitrogens is 2. The van der Waals surface area contributed by atoms with Crippen molar-refractivity contribution in [1.29, 1.82) is 0 Å². The number of rotatable bonds is 5. The lowest BCUT2D eigenvalue weighted by molar-refractivity contribution is 0.345. The third-order valence-corrected chi connectivity index (χ3v) is 2.80. The van der Waals surface area contributed by atoms with Crippen molar-refractivity contribution in [3.05, 3.63) is 11.7 Å². The monoisotopic (exact) mass is 195 g/mol. The summed E-state index contributed by atoms with van der Waals surface area (Å²) in [6.07, 6.45) is 3.47. The molecule has 4 heteroatoms. The molecule has 1 aliphatic rings. The fourth-order valence-corrected chi connectivity index (χ4v) is 1.59. The summed E-state index contributed by atoms with van der Waals surface area (Å²) in [4.78, 5) is 4.39. The average Bonchev–Trinajstić information content (AvgIpc) is 2.94. The van der Waals surface area contributed by atoms with Crippen molar-refractivity contribution in [2.45, 2.75) is 32.1 Å². The number of likely N-dealkylation sites (N-methyl/N-ethyl adjacent to an activating group) is 1. The Kier molecular flexibility index (Phi) is 2.82. The number of hydrogen-bond donors (Lipinski definition) is 1. The number of nitrogens with one attached hydrogen (secondary N) is 1. The Morgan fingerprint density at radius 3 is 3.00 bits per heavy atom. The Labute approximate surface area is 84.1 Å². The summed E-state index contributed by atoms with van der Waals surface area (Å²) in [5.74, 6) is 2.87. The first-order valence-corrected chi connectivity index (χ1v) is 5.28. The van der Waals surface area contributed by atoms with E-state index in [0.717, 1.165) is 30.6 Å². The fourth-order valence-electron chi connectivity index (χ4n) is 1.59. The summed E-state index contributed by atoms with van der Waals surface area (Å²) in [7, 11) is 1.92. The summed E-state index contributed by atoms with van der Waals surface area (Å²) in [6, 6.07) is 0. The van der Waals surface area contributed by atoms with Crippen LogP contribution >= 0.6 is 0 Å².